The van der Waals surface area contributed by atoms with E-state index in [1.54, 1.807) is 0 Å². The zero-order valence-electron chi connectivity index (χ0n) is 20.2. The largest absolute Gasteiger partial charge is 0.494 e. The fourth-order valence-electron chi connectivity index (χ4n) is 3.57. The van der Waals surface area contributed by atoms with Crippen LogP contribution in [0.3, 0.4) is 0 Å². The van der Waals surface area contributed by atoms with Crippen molar-refractivity contribution in [3.63, 3.8) is 0 Å². The van der Waals surface area contributed by atoms with Crippen LogP contribution in [-0.2, 0) is 6.54 Å². The van der Waals surface area contributed by atoms with Gasteiger partial charge in [-0.15, -0.1) is 0 Å². The monoisotopic (exact) mass is 461 g/mol. The topological polar surface area (TPSA) is 63.8 Å². The van der Waals surface area contributed by atoms with E-state index in [9.17, 15) is 4.79 Å². The third-order valence-electron chi connectivity index (χ3n) is 5.49. The molecule has 0 aliphatic rings. The van der Waals surface area contributed by atoms with E-state index in [1.165, 1.54) is 0 Å². The van der Waals surface area contributed by atoms with Gasteiger partial charge in [0, 0.05) is 36.1 Å². The lowest BCUT2D eigenvalue weighted by atomic mass is 10.1. The number of nitrogens with zero attached hydrogens (tertiary/aromatic N) is 3. The van der Waals surface area contributed by atoms with E-state index in [0.29, 0.717) is 23.8 Å². The molecule has 0 spiro atoms. The Bertz CT molecular complexity index is 911. The molecule has 2 N–H and O–H groups in total. The number of aromatic nitrogens is 1. The van der Waals surface area contributed by atoms with Crippen LogP contribution in [0.25, 0.3) is 10.9 Å². The summed E-state index contributed by atoms with van der Waals surface area (Å²) >= 11 is 5.72. The van der Waals surface area contributed by atoms with Gasteiger partial charge in [0.1, 0.15) is 5.75 Å². The summed E-state index contributed by atoms with van der Waals surface area (Å²) in [6.45, 7) is 12.8. The molecule has 1 aromatic heterocycles. The Morgan fingerprint density at radius 3 is 2.50 bits per heavy atom. The quantitative estimate of drug-likeness (QED) is 0.351. The molecule has 0 aliphatic heterocycles. The Labute approximate surface area is 197 Å². The Morgan fingerprint density at radius 2 is 1.84 bits per heavy atom. The molecule has 0 radical (unpaired) electrons. The average Bonchev–Trinajstić information content (AvgIpc) is 2.77. The number of aromatic amines is 1. The molecule has 0 amide bonds. The van der Waals surface area contributed by atoms with Crippen molar-refractivity contribution in [1.29, 1.82) is 0 Å². The zero-order valence-corrected chi connectivity index (χ0v) is 21.1. The molecule has 8 heteroatoms. The van der Waals surface area contributed by atoms with Gasteiger partial charge in [0.05, 0.1) is 13.2 Å². The van der Waals surface area contributed by atoms with Crippen LogP contribution in [0.1, 0.15) is 32.8 Å². The number of nitrogens with one attached hydrogen (secondary N) is 2. The minimum absolute atomic E-state index is 0.0788. The van der Waals surface area contributed by atoms with Crippen molar-refractivity contribution < 1.29 is 4.74 Å². The lowest BCUT2D eigenvalue weighted by molar-refractivity contribution is 0.263. The number of pyridine rings is 1. The summed E-state index contributed by atoms with van der Waals surface area (Å²) in [6.07, 6.45) is 1.01. The van der Waals surface area contributed by atoms with Crippen LogP contribution < -0.4 is 15.6 Å². The molecule has 2 rings (SSSR count). The molecule has 0 bridgehead atoms. The second-order valence-electron chi connectivity index (χ2n) is 8.14. The molecule has 0 saturated carbocycles. The van der Waals surface area contributed by atoms with Crippen molar-refractivity contribution in [3.8, 4) is 5.75 Å². The second kappa shape index (κ2) is 13.4. The first-order valence-electron chi connectivity index (χ1n) is 11.6. The molecule has 0 fully saturated rings. The molecule has 1 heterocycles. The first-order chi connectivity index (χ1) is 15.4. The summed E-state index contributed by atoms with van der Waals surface area (Å²) in [5.74, 6) is 0.800. The summed E-state index contributed by atoms with van der Waals surface area (Å²) in [5, 5.41) is 5.03. The fraction of sp³-hybridized carbons (Fsp3) is 0.583. The normalized spacial score (nSPS) is 11.3. The van der Waals surface area contributed by atoms with Gasteiger partial charge in [0.25, 0.3) is 5.56 Å². The summed E-state index contributed by atoms with van der Waals surface area (Å²) in [6, 6.07) is 7.69. The Balaban J connectivity index is 2.20. The Kier molecular flexibility index (Phi) is 10.9. The maximum atomic E-state index is 12.8. The smallest absolute Gasteiger partial charge is 0.253 e. The van der Waals surface area contributed by atoms with Gasteiger partial charge in [-0.1, -0.05) is 13.8 Å². The number of ether oxygens (including phenoxy) is 1. The summed E-state index contributed by atoms with van der Waals surface area (Å²) in [5.41, 5.74) is 1.43. The number of rotatable bonds is 13. The third kappa shape index (κ3) is 8.07. The Hall–Kier alpha value is -2.16. The predicted octanol–water partition coefficient (Wildman–Crippen LogP) is 2.90. The van der Waals surface area contributed by atoms with E-state index >= 15 is 0 Å². The van der Waals surface area contributed by atoms with Crippen LogP contribution in [0.4, 0.5) is 0 Å². The summed E-state index contributed by atoms with van der Waals surface area (Å²) in [7, 11) is 4.13. The van der Waals surface area contributed by atoms with E-state index in [4.69, 9.17) is 17.0 Å². The predicted molar refractivity (Wildman–Crippen MR) is 138 cm³/mol. The van der Waals surface area contributed by atoms with E-state index < -0.39 is 0 Å². The third-order valence-corrected chi connectivity index (χ3v) is 5.89. The summed E-state index contributed by atoms with van der Waals surface area (Å²) < 4.78 is 5.62. The van der Waals surface area contributed by atoms with Gasteiger partial charge in [0.15, 0.2) is 5.11 Å². The molecule has 0 unspecified atom stereocenters. The Morgan fingerprint density at radius 1 is 1.09 bits per heavy atom. The highest BCUT2D eigenvalue weighted by Crippen LogP contribution is 2.19. The van der Waals surface area contributed by atoms with Crippen LogP contribution in [0, 0.1) is 0 Å². The van der Waals surface area contributed by atoms with Crippen molar-refractivity contribution in [2.75, 3.05) is 60.0 Å². The minimum atomic E-state index is -0.0788. The van der Waals surface area contributed by atoms with Crippen molar-refractivity contribution >= 4 is 28.2 Å². The number of benzene rings is 1. The lowest BCUT2D eigenvalue weighted by Gasteiger charge is -2.29. The molecular weight excluding hydrogens is 422 g/mol. The number of likely N-dealkylation sites (N-methyl/N-ethyl adjacent to an activating group) is 1. The van der Waals surface area contributed by atoms with Gasteiger partial charge in [-0.3, -0.25) is 4.79 Å². The molecule has 32 heavy (non-hydrogen) atoms. The molecule has 0 atom stereocenters. The molecular formula is C24H39N5O2S. The van der Waals surface area contributed by atoms with Gasteiger partial charge in [0.2, 0.25) is 0 Å². The van der Waals surface area contributed by atoms with Crippen LogP contribution >= 0.6 is 12.2 Å². The highest BCUT2D eigenvalue weighted by Gasteiger charge is 2.15. The van der Waals surface area contributed by atoms with E-state index in [1.807, 2.05) is 31.2 Å². The maximum absolute atomic E-state index is 12.8. The molecule has 0 saturated heterocycles. The molecule has 7 nitrogen and oxygen atoms in total. The molecule has 178 valence electrons. The molecule has 0 aliphatic carbocycles. The lowest BCUT2D eigenvalue weighted by Crippen LogP contribution is -2.44. The van der Waals surface area contributed by atoms with Crippen molar-refractivity contribution in [2.45, 2.75) is 33.7 Å². The first kappa shape index (κ1) is 26.1. The molecule has 1 aromatic carbocycles. The number of hydrogen-bond donors (Lipinski definition) is 2. The van der Waals surface area contributed by atoms with E-state index in [2.05, 4.69) is 52.9 Å². The van der Waals surface area contributed by atoms with Crippen LogP contribution in [0.5, 0.6) is 5.75 Å². The number of thiocarbonyl (C=S) groups is 1. The maximum Gasteiger partial charge on any atom is 0.253 e. The van der Waals surface area contributed by atoms with Crippen molar-refractivity contribution in [2.24, 2.45) is 0 Å². The van der Waals surface area contributed by atoms with Crippen molar-refractivity contribution in [3.05, 3.63) is 40.2 Å². The zero-order chi connectivity index (χ0) is 23.5. The van der Waals surface area contributed by atoms with Gasteiger partial charge in [-0.25, -0.2) is 0 Å². The van der Waals surface area contributed by atoms with E-state index in [-0.39, 0.29) is 5.56 Å². The van der Waals surface area contributed by atoms with Crippen molar-refractivity contribution in [1.82, 2.24) is 25.0 Å². The first-order valence-corrected chi connectivity index (χ1v) is 12.0. The van der Waals surface area contributed by atoms with Gasteiger partial charge in [-0.2, -0.15) is 0 Å². The standard InChI is InChI=1S/C24H39N5O2S/c1-6-28(7-2)14-15-29(24(32)25-12-9-13-27(4)5)18-20-16-19-17-21(31-8-3)10-11-22(19)26-23(20)30/h10-11,16-17H,6-9,12-15,18H2,1-5H3,(H,25,32)(H,26,30). The average molecular weight is 462 g/mol. The van der Waals surface area contributed by atoms with E-state index in [0.717, 1.165) is 62.3 Å². The minimum Gasteiger partial charge on any atom is -0.494 e. The number of fused-ring (bicyclic) bond motifs is 1. The number of H-pyrrole nitrogens is 1. The van der Waals surface area contributed by atoms with Crippen LogP contribution in [0.2, 0.25) is 0 Å². The van der Waals surface area contributed by atoms with Crippen LogP contribution in [0.15, 0.2) is 29.1 Å². The fourth-order valence-corrected chi connectivity index (χ4v) is 3.82. The SMILES string of the molecule is CCOc1ccc2[nH]c(=O)c(CN(CCN(CC)CC)C(=S)NCCCN(C)C)cc2c1. The van der Waals surface area contributed by atoms with Crippen LogP contribution in [-0.4, -0.2) is 84.8 Å². The highest BCUT2D eigenvalue weighted by molar-refractivity contribution is 7.80. The number of hydrogen-bond acceptors (Lipinski definition) is 5. The van der Waals surface area contributed by atoms with Gasteiger partial charge in [-0.05, 0) is 83.6 Å². The second-order valence-corrected chi connectivity index (χ2v) is 8.53. The molecule has 2 aromatic rings. The highest BCUT2D eigenvalue weighted by atomic mass is 32.1. The van der Waals surface area contributed by atoms with Gasteiger partial charge >= 0.3 is 0 Å². The summed E-state index contributed by atoms with van der Waals surface area (Å²) in [4.78, 5) is 22.4. The van der Waals surface area contributed by atoms with Gasteiger partial charge < -0.3 is 29.7 Å².